The van der Waals surface area contributed by atoms with E-state index in [1.165, 1.54) is 13.8 Å². The predicted octanol–water partition coefficient (Wildman–Crippen LogP) is -4.91. The molecule has 7 N–H and O–H groups in total. The fourth-order valence-corrected chi connectivity index (χ4v) is 8.35. The maximum Gasteiger partial charge on any atom is 1.00 e. The van der Waals surface area contributed by atoms with Gasteiger partial charge in [-0.1, -0.05) is 55.9 Å². The van der Waals surface area contributed by atoms with Crippen LogP contribution >= 0.6 is 35.2 Å². The van der Waals surface area contributed by atoms with Crippen molar-refractivity contribution in [2.45, 2.75) is 50.9 Å². The Bertz CT molecular complexity index is 2010. The van der Waals surface area contributed by atoms with Gasteiger partial charge in [0.1, 0.15) is 36.3 Å². The quantitative estimate of drug-likeness (QED) is 0.0352. The van der Waals surface area contributed by atoms with E-state index in [9.17, 15) is 57.9 Å². The van der Waals surface area contributed by atoms with Crippen LogP contribution in [0.2, 0.25) is 0 Å². The number of ether oxygens (including phenoxy) is 1. The largest absolute Gasteiger partial charge is 1.00 e. The summed E-state index contributed by atoms with van der Waals surface area (Å²) < 4.78 is 60.8. The Labute approximate surface area is 340 Å². The molecule has 0 saturated carbocycles. The van der Waals surface area contributed by atoms with Gasteiger partial charge in [0, 0.05) is 36.2 Å². The Kier molecular flexibility index (Phi) is 17.6. The second kappa shape index (κ2) is 20.6. The number of aliphatic hydroxyl groups excluding tert-OH is 2. The van der Waals surface area contributed by atoms with Gasteiger partial charge < -0.3 is 64.5 Å². The molecule has 310 valence electrons. The van der Waals surface area contributed by atoms with Crippen LogP contribution in [-0.2, 0) is 45.9 Å². The summed E-state index contributed by atoms with van der Waals surface area (Å²) in [6, 6.07) is 8.55. The zero-order chi connectivity index (χ0) is 41.5. The molecular weight excluding hydrogens is 838 g/mol. The van der Waals surface area contributed by atoms with Crippen LogP contribution in [-0.4, -0.2) is 108 Å². The molecule has 1 aliphatic rings. The molecule has 0 radical (unpaired) electrons. The Morgan fingerprint density at radius 3 is 2.39 bits per heavy atom. The van der Waals surface area contributed by atoms with Crippen molar-refractivity contribution >= 4 is 69.1 Å². The number of nitrogen functional groups attached to an aromatic ring is 1. The average Bonchev–Trinajstić information content (AvgIpc) is 3.68. The number of hydrogen-bond acceptors (Lipinski definition) is 21. The van der Waals surface area contributed by atoms with Crippen molar-refractivity contribution in [1.82, 2.24) is 30.2 Å². The Hall–Kier alpha value is -2.62. The van der Waals surface area contributed by atoms with Crippen molar-refractivity contribution in [2.24, 2.45) is 5.41 Å². The Morgan fingerprint density at radius 1 is 1.05 bits per heavy atom. The Morgan fingerprint density at radius 2 is 1.72 bits per heavy atom. The molecule has 0 bridgehead atoms. The van der Waals surface area contributed by atoms with E-state index in [0.717, 1.165) is 29.0 Å². The number of fused-ring (bicyclic) bond motifs is 1. The molecule has 0 aliphatic carbocycles. The van der Waals surface area contributed by atoms with E-state index < -0.39 is 84.6 Å². The number of benzene rings is 1. The number of nitrogens with two attached hydrogens (primary N) is 1. The topological polar surface area (TPSA) is 372 Å². The number of aromatic nitrogens is 4. The number of amides is 2. The number of aliphatic hydroxyl groups is 2. The molecule has 57 heavy (non-hydrogen) atoms. The maximum atomic E-state index is 12.5. The van der Waals surface area contributed by atoms with E-state index in [2.05, 4.69) is 43.5 Å². The smallest absolute Gasteiger partial charge is 0.756 e. The first-order chi connectivity index (χ1) is 26.1. The van der Waals surface area contributed by atoms with Gasteiger partial charge in [0.25, 0.3) is 23.5 Å². The van der Waals surface area contributed by atoms with Gasteiger partial charge in [-0.3, -0.25) is 32.6 Å². The molecule has 3 aromatic rings. The molecule has 29 heteroatoms. The fourth-order valence-electron chi connectivity index (χ4n) is 4.91. The van der Waals surface area contributed by atoms with E-state index in [4.69, 9.17) is 10.5 Å². The minimum atomic E-state index is -5.90. The number of rotatable bonds is 20. The first kappa shape index (κ1) is 48.7. The average molecular weight is 876 g/mol. The van der Waals surface area contributed by atoms with E-state index in [1.54, 1.807) is 30.3 Å². The van der Waals surface area contributed by atoms with Gasteiger partial charge in [0.15, 0.2) is 17.7 Å². The number of nitrogens with zero attached hydrogens (tertiary/aromatic N) is 4. The third kappa shape index (κ3) is 14.3. The number of carbonyl (C=O) groups excluding carboxylic acids is 3. The molecule has 2 amide bonds. The summed E-state index contributed by atoms with van der Waals surface area (Å²) in [5.74, 6) is -1.26. The third-order valence-corrected chi connectivity index (χ3v) is 11.7. The van der Waals surface area contributed by atoms with Gasteiger partial charge in [-0.15, -0.1) is 0 Å². The number of nitrogens with one attached hydrogen (secondary N) is 2. The predicted molar refractivity (Wildman–Crippen MR) is 186 cm³/mol. The molecule has 3 heterocycles. The monoisotopic (exact) mass is 875 g/mol. The van der Waals surface area contributed by atoms with Crippen LogP contribution in [0.25, 0.3) is 11.2 Å². The number of anilines is 1. The van der Waals surface area contributed by atoms with Crippen molar-refractivity contribution in [3.8, 4) is 0 Å². The SMILES string of the molecule is CC(C)(COP(=O)([O-])OP(=O)([O-])OCC1OC(n2cnc3c(N)ncnc32)C(O)C1OP(=O)([O-])O)C(O)C(=O)NCCC(=O)NCCSC(=O)c1ccccc1.[Li+]. The molecule has 1 aliphatic heterocycles. The van der Waals surface area contributed by atoms with Crippen molar-refractivity contribution in [1.29, 1.82) is 0 Å². The van der Waals surface area contributed by atoms with E-state index in [1.807, 2.05) is 0 Å². The van der Waals surface area contributed by atoms with Crippen LogP contribution in [0.4, 0.5) is 5.82 Å². The van der Waals surface area contributed by atoms with Crippen molar-refractivity contribution < 1.29 is 99.3 Å². The molecule has 1 fully saturated rings. The molecule has 8 unspecified atom stereocenters. The minimum absolute atomic E-state index is 0. The van der Waals surface area contributed by atoms with Crippen LogP contribution in [0, 0.1) is 5.41 Å². The van der Waals surface area contributed by atoms with Gasteiger partial charge in [-0.05, 0) is 0 Å². The first-order valence-corrected chi connectivity index (χ1v) is 21.6. The van der Waals surface area contributed by atoms with Crippen LogP contribution in [0.5, 0.6) is 0 Å². The summed E-state index contributed by atoms with van der Waals surface area (Å²) in [7, 11) is -17.3. The summed E-state index contributed by atoms with van der Waals surface area (Å²) >= 11 is 1.01. The van der Waals surface area contributed by atoms with Crippen LogP contribution in [0.1, 0.15) is 36.9 Å². The summed E-state index contributed by atoms with van der Waals surface area (Å²) in [5.41, 5.74) is 4.62. The molecule has 4 rings (SSSR count). The van der Waals surface area contributed by atoms with Crippen molar-refractivity contribution in [3.05, 3.63) is 48.5 Å². The van der Waals surface area contributed by atoms with Crippen molar-refractivity contribution in [2.75, 3.05) is 37.8 Å². The normalized spacial score (nSPS) is 22.0. The number of carbonyl (C=O) groups is 3. The Balaban J connectivity index is 0.00000870. The second-order valence-corrected chi connectivity index (χ2v) is 17.7. The summed E-state index contributed by atoms with van der Waals surface area (Å²) in [6.07, 6.45) is -7.41. The summed E-state index contributed by atoms with van der Waals surface area (Å²) in [4.78, 5) is 94.2. The summed E-state index contributed by atoms with van der Waals surface area (Å²) in [5, 5.41) is 26.1. The third-order valence-electron chi connectivity index (χ3n) is 7.72. The molecule has 24 nitrogen and oxygen atoms in total. The number of imidazole rings is 1. The van der Waals surface area contributed by atoms with Crippen LogP contribution < -0.4 is 49.9 Å². The van der Waals surface area contributed by atoms with Gasteiger partial charge in [0.05, 0.1) is 19.5 Å². The zero-order valence-electron chi connectivity index (χ0n) is 30.3. The number of thioether (sulfide) groups is 1. The molecular formula is C28H37LiN7O17P3S-2. The molecule has 0 spiro atoms. The summed E-state index contributed by atoms with van der Waals surface area (Å²) in [6.45, 7) is 0.0993. The van der Waals surface area contributed by atoms with Crippen molar-refractivity contribution in [3.63, 3.8) is 0 Å². The number of phosphoric ester groups is 3. The second-order valence-electron chi connectivity index (χ2n) is 12.5. The van der Waals surface area contributed by atoms with Gasteiger partial charge in [-0.2, -0.15) is 0 Å². The maximum absolute atomic E-state index is 12.5. The molecule has 2 aromatic heterocycles. The van der Waals surface area contributed by atoms with E-state index in [0.29, 0.717) is 11.3 Å². The van der Waals surface area contributed by atoms with E-state index >= 15 is 0 Å². The van der Waals surface area contributed by atoms with Gasteiger partial charge >= 0.3 is 18.9 Å². The number of hydrogen-bond donors (Lipinski definition) is 6. The van der Waals surface area contributed by atoms with Crippen LogP contribution in [0.15, 0.2) is 43.0 Å². The standard InChI is InChI=1S/C28H40N7O17P3S.Li/c1-28(2,22(38)25(39)31-9-8-18(36)30-10-11-56-27(40)16-6-4-3-5-7-16)13-49-55(46,47)52-54(44,45)48-12-17-21(51-53(41,42)43)20(37)26(50-17)35-15-34-19-23(29)32-14-33-24(19)35;/h3-7,14-15,17,20-22,26,37-38H,8-13H2,1-2H3,(H,30,36)(H,31,39)(H,44,45)(H,46,47)(H2,29,32,33)(H2,41,42,43);/q;+1/p-3. The van der Waals surface area contributed by atoms with Gasteiger partial charge in [0.2, 0.25) is 16.9 Å². The molecule has 1 aromatic carbocycles. The van der Waals surface area contributed by atoms with Gasteiger partial charge in [-0.25, -0.2) is 19.3 Å². The van der Waals surface area contributed by atoms with Crippen LogP contribution in [0.3, 0.4) is 0 Å². The number of phosphoric acid groups is 3. The zero-order valence-corrected chi connectivity index (χ0v) is 33.8. The fraction of sp³-hybridized carbons (Fsp3) is 0.500. The first-order valence-electron chi connectivity index (χ1n) is 16.1. The molecule has 1 saturated heterocycles. The van der Waals surface area contributed by atoms with E-state index in [-0.39, 0.29) is 60.5 Å². The molecule has 8 atom stereocenters. The minimum Gasteiger partial charge on any atom is -0.756 e.